The van der Waals surface area contributed by atoms with E-state index in [0.29, 0.717) is 12.8 Å². The summed E-state index contributed by atoms with van der Waals surface area (Å²) in [6.07, 6.45) is 4.71. The maximum absolute atomic E-state index is 10.7. The number of non-ortho nitro benzene ring substituents is 1. The van der Waals surface area contributed by atoms with Crippen LogP contribution in [0.25, 0.3) is 0 Å². The first kappa shape index (κ1) is 18.2. The van der Waals surface area contributed by atoms with Crippen LogP contribution in [-0.2, 0) is 12.8 Å². The molecule has 9 heteroatoms. The van der Waals surface area contributed by atoms with Crippen molar-refractivity contribution >= 4 is 34.0 Å². The summed E-state index contributed by atoms with van der Waals surface area (Å²) < 4.78 is 0. The first-order valence-electron chi connectivity index (χ1n) is 7.02. The molecule has 3 rings (SSSR count). The van der Waals surface area contributed by atoms with E-state index in [-0.39, 0.29) is 28.7 Å². The molecule has 1 aromatic carbocycles. The predicted molar refractivity (Wildman–Crippen MR) is 97.6 cm³/mol. The molecule has 0 saturated carbocycles. The van der Waals surface area contributed by atoms with Crippen molar-refractivity contribution in [3.63, 3.8) is 0 Å². The van der Waals surface area contributed by atoms with Gasteiger partial charge in [-0.25, -0.2) is 9.97 Å². The van der Waals surface area contributed by atoms with E-state index in [2.05, 4.69) is 15.0 Å². The Hall–Kier alpha value is -2.10. The van der Waals surface area contributed by atoms with Crippen LogP contribution in [0.1, 0.15) is 28.0 Å². The lowest BCUT2D eigenvalue weighted by Gasteiger charge is -2.08. The average Bonchev–Trinajstić information content (AvgIpc) is 3.20. The van der Waals surface area contributed by atoms with Crippen LogP contribution in [0, 0.1) is 10.1 Å². The topological polar surface area (TPSA) is 111 Å². The van der Waals surface area contributed by atoms with E-state index in [4.69, 9.17) is 5.73 Å². The lowest BCUT2D eigenvalue weighted by Crippen LogP contribution is -2.14. The van der Waals surface area contributed by atoms with Crippen molar-refractivity contribution in [2.75, 3.05) is 0 Å². The third kappa shape index (κ3) is 4.47. The number of nitrogens with zero attached hydrogens (tertiary/aromatic N) is 3. The molecule has 0 saturated heterocycles. The number of nitro benzene ring substituents is 1. The molecule has 126 valence electrons. The van der Waals surface area contributed by atoms with Gasteiger partial charge >= 0.3 is 0 Å². The summed E-state index contributed by atoms with van der Waals surface area (Å²) >= 11 is 1.56. The average molecular weight is 410 g/mol. The summed E-state index contributed by atoms with van der Waals surface area (Å²) in [5, 5.41) is 13.6. The molecular formula is C15H16BrN5O2S. The molecule has 0 aliphatic heterocycles. The van der Waals surface area contributed by atoms with Crippen molar-refractivity contribution in [2.45, 2.75) is 18.9 Å². The number of hydrogen-bond donors (Lipinski definition) is 2. The van der Waals surface area contributed by atoms with Crippen molar-refractivity contribution in [1.29, 1.82) is 0 Å². The standard InChI is InChI=1S/C15H15N5O2S.BrH/c16-13(5-10-1-3-12(4-2-10)20(21)22)14-8-23-15(19-14)6-11-7-17-9-18-11;/h1-4,7-9,13H,5-6,16H2,(H,17,18);1H. The molecule has 0 fully saturated rings. The van der Waals surface area contributed by atoms with Crippen LogP contribution < -0.4 is 5.73 Å². The van der Waals surface area contributed by atoms with E-state index in [9.17, 15) is 10.1 Å². The van der Waals surface area contributed by atoms with E-state index >= 15 is 0 Å². The number of H-pyrrole nitrogens is 1. The lowest BCUT2D eigenvalue weighted by atomic mass is 10.0. The number of imidazole rings is 1. The Kier molecular flexibility index (Phi) is 6.18. The van der Waals surface area contributed by atoms with Gasteiger partial charge in [-0.3, -0.25) is 10.1 Å². The van der Waals surface area contributed by atoms with Gasteiger partial charge in [0.25, 0.3) is 5.69 Å². The molecule has 0 aliphatic carbocycles. The number of hydrogen-bond acceptors (Lipinski definition) is 6. The van der Waals surface area contributed by atoms with Crippen LogP contribution in [0.5, 0.6) is 0 Å². The summed E-state index contributed by atoms with van der Waals surface area (Å²) in [6, 6.07) is 6.22. The molecule has 2 aromatic heterocycles. The summed E-state index contributed by atoms with van der Waals surface area (Å²) in [5.41, 5.74) is 9.08. The minimum Gasteiger partial charge on any atom is -0.348 e. The third-order valence-corrected chi connectivity index (χ3v) is 4.32. The number of rotatable bonds is 6. The number of thiazole rings is 1. The maximum Gasteiger partial charge on any atom is 0.269 e. The first-order valence-corrected chi connectivity index (χ1v) is 7.90. The largest absolute Gasteiger partial charge is 0.348 e. The highest BCUT2D eigenvalue weighted by molar-refractivity contribution is 8.93. The second kappa shape index (κ2) is 8.13. The fourth-order valence-corrected chi connectivity index (χ4v) is 3.11. The van der Waals surface area contributed by atoms with Gasteiger partial charge in [-0.1, -0.05) is 12.1 Å². The fraction of sp³-hybridized carbons (Fsp3) is 0.200. The molecule has 7 nitrogen and oxygen atoms in total. The van der Waals surface area contributed by atoms with Crippen LogP contribution in [0.3, 0.4) is 0 Å². The molecule has 1 unspecified atom stereocenters. The Morgan fingerprint density at radius 2 is 2.08 bits per heavy atom. The van der Waals surface area contributed by atoms with Gasteiger partial charge in [-0.2, -0.15) is 0 Å². The van der Waals surface area contributed by atoms with Gasteiger partial charge in [-0.05, 0) is 12.0 Å². The Bertz CT molecular complexity index is 789. The Morgan fingerprint density at radius 1 is 1.33 bits per heavy atom. The highest BCUT2D eigenvalue weighted by Crippen LogP contribution is 2.21. The Labute approximate surface area is 152 Å². The quantitative estimate of drug-likeness (QED) is 0.479. The molecule has 1 atom stereocenters. The normalized spacial score (nSPS) is 11.7. The second-order valence-corrected chi connectivity index (χ2v) is 6.10. The molecule has 0 spiro atoms. The highest BCUT2D eigenvalue weighted by Gasteiger charge is 2.13. The number of aromatic nitrogens is 3. The highest BCUT2D eigenvalue weighted by atomic mass is 79.9. The molecule has 0 aliphatic rings. The molecule has 2 heterocycles. The minimum absolute atomic E-state index is 0. The molecule has 0 bridgehead atoms. The van der Waals surface area contributed by atoms with Crippen molar-refractivity contribution in [3.8, 4) is 0 Å². The minimum atomic E-state index is -0.411. The Balaban J connectivity index is 0.00000208. The van der Waals surface area contributed by atoms with E-state index < -0.39 is 4.92 Å². The van der Waals surface area contributed by atoms with Crippen molar-refractivity contribution in [2.24, 2.45) is 5.73 Å². The van der Waals surface area contributed by atoms with Crippen LogP contribution in [0.15, 0.2) is 42.2 Å². The van der Waals surface area contributed by atoms with Gasteiger partial charge in [0.05, 0.1) is 28.0 Å². The van der Waals surface area contributed by atoms with Crippen molar-refractivity contribution in [1.82, 2.24) is 15.0 Å². The maximum atomic E-state index is 10.7. The smallest absolute Gasteiger partial charge is 0.269 e. The molecule has 0 amide bonds. The zero-order chi connectivity index (χ0) is 16.2. The summed E-state index contributed by atoms with van der Waals surface area (Å²) in [7, 11) is 0. The number of aromatic amines is 1. The number of nitro groups is 1. The van der Waals surface area contributed by atoms with Gasteiger partial charge in [-0.15, -0.1) is 28.3 Å². The van der Waals surface area contributed by atoms with Crippen LogP contribution in [0.2, 0.25) is 0 Å². The molecular weight excluding hydrogens is 394 g/mol. The monoisotopic (exact) mass is 409 g/mol. The summed E-state index contributed by atoms with van der Waals surface area (Å²) in [5.74, 6) is 0. The lowest BCUT2D eigenvalue weighted by molar-refractivity contribution is -0.384. The van der Waals surface area contributed by atoms with Gasteiger partial charge in [0.15, 0.2) is 0 Å². The first-order chi connectivity index (χ1) is 11.1. The molecule has 3 N–H and O–H groups in total. The predicted octanol–water partition coefficient (Wildman–Crippen LogP) is 3.19. The van der Waals surface area contributed by atoms with Crippen molar-refractivity contribution in [3.05, 3.63) is 74.2 Å². The SMILES string of the molecule is Br.NC(Cc1ccc([N+](=O)[O-])cc1)c1csc(Cc2cnc[nH]2)n1. The zero-order valence-electron chi connectivity index (χ0n) is 12.6. The van der Waals surface area contributed by atoms with Crippen molar-refractivity contribution < 1.29 is 4.92 Å². The number of benzene rings is 1. The van der Waals surface area contributed by atoms with Gasteiger partial charge in [0, 0.05) is 35.8 Å². The second-order valence-electron chi connectivity index (χ2n) is 5.15. The number of nitrogens with one attached hydrogen (secondary N) is 1. The van der Waals surface area contributed by atoms with Crippen LogP contribution >= 0.6 is 28.3 Å². The molecule has 24 heavy (non-hydrogen) atoms. The number of halogens is 1. The summed E-state index contributed by atoms with van der Waals surface area (Å²) in [4.78, 5) is 21.8. The zero-order valence-corrected chi connectivity index (χ0v) is 15.1. The molecule has 3 aromatic rings. The van der Waals surface area contributed by atoms with E-state index in [1.165, 1.54) is 12.1 Å². The van der Waals surface area contributed by atoms with E-state index in [1.807, 2.05) is 5.38 Å². The molecule has 0 radical (unpaired) electrons. The fourth-order valence-electron chi connectivity index (χ4n) is 2.23. The number of nitrogens with two attached hydrogens (primary N) is 1. The summed E-state index contributed by atoms with van der Waals surface area (Å²) in [6.45, 7) is 0. The van der Waals surface area contributed by atoms with Crippen LogP contribution in [-0.4, -0.2) is 19.9 Å². The van der Waals surface area contributed by atoms with E-state index in [1.54, 1.807) is 36.0 Å². The third-order valence-electron chi connectivity index (χ3n) is 3.45. The van der Waals surface area contributed by atoms with E-state index in [0.717, 1.165) is 22.0 Å². The van der Waals surface area contributed by atoms with Gasteiger partial charge in [0.2, 0.25) is 0 Å². The van der Waals surface area contributed by atoms with Gasteiger partial charge < -0.3 is 10.7 Å². The van der Waals surface area contributed by atoms with Gasteiger partial charge in [0.1, 0.15) is 0 Å². The Morgan fingerprint density at radius 3 is 2.71 bits per heavy atom. The van der Waals surface area contributed by atoms with Crippen LogP contribution in [0.4, 0.5) is 5.69 Å².